The lowest BCUT2D eigenvalue weighted by atomic mass is 9.72. The van der Waals surface area contributed by atoms with Crippen molar-refractivity contribution >= 4 is 45.4 Å². The van der Waals surface area contributed by atoms with Gasteiger partial charge in [0, 0.05) is 17.8 Å². The van der Waals surface area contributed by atoms with E-state index in [4.69, 9.17) is 11.6 Å². The first-order valence-electron chi connectivity index (χ1n) is 6.72. The normalized spacial score (nSPS) is 11.8. The van der Waals surface area contributed by atoms with Gasteiger partial charge in [-0.15, -0.1) is 0 Å². The second-order valence-electron chi connectivity index (χ2n) is 4.98. The number of fused-ring (bicyclic) bond motifs is 1. The molecule has 0 aliphatic carbocycles. The molecule has 7 heteroatoms. The van der Waals surface area contributed by atoms with Crippen LogP contribution in [0, 0.1) is 6.92 Å². The largest absolute Gasteiger partial charge is 0.269 e. The summed E-state index contributed by atoms with van der Waals surface area (Å²) in [6.45, 7) is 3.76. The van der Waals surface area contributed by atoms with Crippen LogP contribution in [0.25, 0.3) is 11.0 Å². The monoisotopic (exact) mass is 331 g/mol. The van der Waals surface area contributed by atoms with Gasteiger partial charge in [-0.1, -0.05) is 41.6 Å². The molecule has 0 N–H and O–H groups in total. The van der Waals surface area contributed by atoms with E-state index in [-0.39, 0.29) is 4.90 Å². The topological polar surface area (TPSA) is 52.0 Å². The molecule has 0 spiro atoms. The van der Waals surface area contributed by atoms with Gasteiger partial charge in [-0.2, -0.15) is 0 Å². The second kappa shape index (κ2) is 5.45. The Labute approximate surface area is 135 Å². The second-order valence-corrected chi connectivity index (χ2v) is 7.20. The summed E-state index contributed by atoms with van der Waals surface area (Å²) in [5, 5.41) is 1.21. The van der Waals surface area contributed by atoms with Crippen molar-refractivity contribution < 1.29 is 8.42 Å². The van der Waals surface area contributed by atoms with Crippen LogP contribution < -0.4 is 5.46 Å². The number of halogens is 1. The SMILES string of the molecule is C[B]c1c(Cl)cnc2c1ccn2S(=O)(=O)c1ccc(C)cc1. The van der Waals surface area contributed by atoms with E-state index in [2.05, 4.69) is 4.98 Å². The van der Waals surface area contributed by atoms with Gasteiger partial charge in [0.05, 0.1) is 9.92 Å². The Balaban J connectivity index is 2.24. The molecule has 0 saturated heterocycles. The highest BCUT2D eigenvalue weighted by Gasteiger charge is 2.21. The van der Waals surface area contributed by atoms with Crippen molar-refractivity contribution in [2.24, 2.45) is 0 Å². The first-order valence-corrected chi connectivity index (χ1v) is 8.54. The molecule has 0 amide bonds. The number of aryl methyl sites for hydroxylation is 1. The summed E-state index contributed by atoms with van der Waals surface area (Å²) >= 11 is 6.11. The number of hydrogen-bond acceptors (Lipinski definition) is 3. The molecule has 1 aromatic carbocycles. The average molecular weight is 332 g/mol. The van der Waals surface area contributed by atoms with Crippen LogP contribution in [0.5, 0.6) is 0 Å². The fourth-order valence-electron chi connectivity index (χ4n) is 2.37. The smallest absolute Gasteiger partial charge is 0.236 e. The van der Waals surface area contributed by atoms with Gasteiger partial charge in [-0.05, 0) is 25.1 Å². The zero-order chi connectivity index (χ0) is 15.9. The van der Waals surface area contributed by atoms with Crippen LogP contribution in [-0.2, 0) is 10.0 Å². The van der Waals surface area contributed by atoms with Gasteiger partial charge in [0.2, 0.25) is 0 Å². The molecule has 2 heterocycles. The zero-order valence-corrected chi connectivity index (χ0v) is 13.7. The van der Waals surface area contributed by atoms with Crippen molar-refractivity contribution in [3.63, 3.8) is 0 Å². The predicted octanol–water partition coefficient (Wildman–Crippen LogP) is 2.61. The van der Waals surface area contributed by atoms with Crippen LogP contribution in [0.1, 0.15) is 5.56 Å². The molecule has 3 aromatic rings. The lowest BCUT2D eigenvalue weighted by Gasteiger charge is -2.08. The molecule has 0 fully saturated rings. The maximum absolute atomic E-state index is 12.8. The van der Waals surface area contributed by atoms with Crippen molar-refractivity contribution in [2.45, 2.75) is 18.6 Å². The van der Waals surface area contributed by atoms with E-state index in [1.165, 1.54) is 16.4 Å². The van der Waals surface area contributed by atoms with Gasteiger partial charge in [-0.25, -0.2) is 17.4 Å². The number of pyridine rings is 1. The fraction of sp³-hybridized carbons (Fsp3) is 0.133. The Hall–Kier alpha value is -1.79. The minimum atomic E-state index is -3.68. The van der Waals surface area contributed by atoms with Gasteiger partial charge in [0.15, 0.2) is 12.9 Å². The Morgan fingerprint density at radius 2 is 1.86 bits per heavy atom. The molecule has 0 unspecified atom stereocenters. The van der Waals surface area contributed by atoms with Crippen molar-refractivity contribution in [1.82, 2.24) is 8.96 Å². The van der Waals surface area contributed by atoms with Crippen molar-refractivity contribution in [1.29, 1.82) is 0 Å². The summed E-state index contributed by atoms with van der Waals surface area (Å²) in [6, 6.07) is 8.45. The minimum absolute atomic E-state index is 0.231. The van der Waals surface area contributed by atoms with Gasteiger partial charge >= 0.3 is 0 Å². The first kappa shape index (κ1) is 15.1. The Morgan fingerprint density at radius 3 is 2.50 bits per heavy atom. The van der Waals surface area contributed by atoms with E-state index in [9.17, 15) is 8.42 Å². The Bertz CT molecular complexity index is 950. The minimum Gasteiger partial charge on any atom is -0.236 e. The highest BCUT2D eigenvalue weighted by atomic mass is 35.5. The lowest BCUT2D eigenvalue weighted by Crippen LogP contribution is -2.16. The highest BCUT2D eigenvalue weighted by molar-refractivity contribution is 7.90. The summed E-state index contributed by atoms with van der Waals surface area (Å²) < 4.78 is 26.8. The fourth-order valence-corrected chi connectivity index (χ4v) is 3.93. The summed E-state index contributed by atoms with van der Waals surface area (Å²) in [5.41, 5.74) is 2.16. The maximum Gasteiger partial charge on any atom is 0.269 e. The van der Waals surface area contributed by atoms with Crippen molar-refractivity contribution in [3.8, 4) is 0 Å². The molecule has 0 atom stereocenters. The van der Waals surface area contributed by atoms with Gasteiger partial charge < -0.3 is 0 Å². The summed E-state index contributed by atoms with van der Waals surface area (Å²) in [4.78, 5) is 4.42. The summed E-state index contributed by atoms with van der Waals surface area (Å²) in [7, 11) is -1.84. The Kier molecular flexibility index (Phi) is 3.74. The predicted molar refractivity (Wildman–Crippen MR) is 89.8 cm³/mol. The van der Waals surface area contributed by atoms with Gasteiger partial charge in [0.25, 0.3) is 10.0 Å². The van der Waals surface area contributed by atoms with Gasteiger partial charge in [-0.3, -0.25) is 0 Å². The molecule has 3 rings (SSSR count). The number of aromatic nitrogens is 2. The quantitative estimate of drug-likeness (QED) is 0.693. The molecule has 111 valence electrons. The number of hydrogen-bond donors (Lipinski definition) is 0. The number of nitrogens with zero attached hydrogens (tertiary/aromatic N) is 2. The molecule has 1 radical (unpaired) electrons. The molecule has 0 aliphatic heterocycles. The molecular weight excluding hydrogens is 319 g/mol. The summed E-state index contributed by atoms with van der Waals surface area (Å²) in [5.74, 6) is 0. The zero-order valence-electron chi connectivity index (χ0n) is 12.1. The number of benzene rings is 1. The van der Waals surface area contributed by atoms with Crippen LogP contribution >= 0.6 is 11.6 Å². The van der Waals surface area contributed by atoms with Gasteiger partial charge in [0.1, 0.15) is 0 Å². The lowest BCUT2D eigenvalue weighted by molar-refractivity contribution is 0.589. The molecule has 2 aromatic heterocycles. The highest BCUT2D eigenvalue weighted by Crippen LogP contribution is 2.21. The molecule has 4 nitrogen and oxygen atoms in total. The average Bonchev–Trinajstić information content (AvgIpc) is 2.92. The molecular formula is C15H13BClN2O2S. The van der Waals surface area contributed by atoms with E-state index in [0.29, 0.717) is 16.1 Å². The van der Waals surface area contributed by atoms with Crippen LogP contribution in [0.4, 0.5) is 0 Å². The van der Waals surface area contributed by atoms with Crippen molar-refractivity contribution in [2.75, 3.05) is 0 Å². The summed E-state index contributed by atoms with van der Waals surface area (Å²) in [6.07, 6.45) is 2.98. The van der Waals surface area contributed by atoms with Crippen LogP contribution in [0.2, 0.25) is 11.8 Å². The molecule has 0 aliphatic rings. The Morgan fingerprint density at radius 1 is 1.18 bits per heavy atom. The third-order valence-electron chi connectivity index (χ3n) is 3.54. The number of rotatable bonds is 3. The molecule has 0 saturated carbocycles. The molecule has 22 heavy (non-hydrogen) atoms. The maximum atomic E-state index is 12.8. The van der Waals surface area contributed by atoms with E-state index >= 15 is 0 Å². The van der Waals surface area contributed by atoms with Crippen molar-refractivity contribution in [3.05, 3.63) is 53.3 Å². The third kappa shape index (κ3) is 2.32. The van der Waals surface area contributed by atoms with Crippen LogP contribution in [-0.4, -0.2) is 24.7 Å². The van der Waals surface area contributed by atoms with Crippen LogP contribution in [0.15, 0.2) is 47.6 Å². The van der Waals surface area contributed by atoms with E-state index in [1.807, 2.05) is 21.0 Å². The standard InChI is InChI=1S/C15H13BClN2O2S/c1-10-3-5-11(6-4-10)22(20,21)19-8-7-12-14(16-2)13(17)9-18-15(12)19/h3-9H,1-2H3. The van der Waals surface area contributed by atoms with E-state index < -0.39 is 10.0 Å². The van der Waals surface area contributed by atoms with E-state index in [0.717, 1.165) is 11.0 Å². The third-order valence-corrected chi connectivity index (χ3v) is 5.52. The first-order chi connectivity index (χ1) is 10.4. The molecule has 0 bridgehead atoms. The van der Waals surface area contributed by atoms with Crippen LogP contribution in [0.3, 0.4) is 0 Å². The van der Waals surface area contributed by atoms with E-state index in [1.54, 1.807) is 30.3 Å².